The van der Waals surface area contributed by atoms with Gasteiger partial charge in [-0.15, -0.1) is 0 Å². The Morgan fingerprint density at radius 1 is 1.15 bits per heavy atom. The van der Waals surface area contributed by atoms with Crippen molar-refractivity contribution in [3.63, 3.8) is 0 Å². The fraction of sp³-hybridized carbons (Fsp3) is 0.278. The Kier molecular flexibility index (Phi) is 4.67. The molecule has 0 unspecified atom stereocenters. The van der Waals surface area contributed by atoms with Crippen molar-refractivity contribution >= 4 is 17.2 Å². The van der Waals surface area contributed by atoms with Crippen LogP contribution in [0.4, 0.5) is 18.9 Å². The van der Waals surface area contributed by atoms with Gasteiger partial charge in [0.05, 0.1) is 11.4 Å². The third kappa shape index (κ3) is 3.26. The molecule has 0 saturated carbocycles. The number of rotatable bonds is 4. The number of halogens is 3. The number of hydrogen-bond acceptors (Lipinski definition) is 3. The molecule has 5 nitrogen and oxygen atoms in total. The smallest absolute Gasteiger partial charge is 0.224 e. The molecule has 1 amide bonds. The molecule has 0 atom stereocenters. The summed E-state index contributed by atoms with van der Waals surface area (Å²) in [6.07, 6.45) is 0.393. The summed E-state index contributed by atoms with van der Waals surface area (Å²) < 4.78 is 41.5. The molecule has 0 spiro atoms. The van der Waals surface area contributed by atoms with E-state index < -0.39 is 29.0 Å². The Morgan fingerprint density at radius 3 is 2.62 bits per heavy atom. The highest BCUT2D eigenvalue weighted by Gasteiger charge is 2.16. The molecule has 3 rings (SSSR count). The highest BCUT2D eigenvalue weighted by atomic mass is 19.2. The first-order valence-corrected chi connectivity index (χ1v) is 8.03. The largest absolute Gasteiger partial charge is 0.323 e. The molecule has 0 aliphatic carbocycles. The minimum atomic E-state index is -1.61. The van der Waals surface area contributed by atoms with Crippen LogP contribution in [0, 0.1) is 38.2 Å². The van der Waals surface area contributed by atoms with Crippen molar-refractivity contribution in [2.75, 3.05) is 5.32 Å². The molecule has 0 saturated heterocycles. The topological polar surface area (TPSA) is 59.3 Å². The molecular weight excluding hydrogens is 345 g/mol. The average Bonchev–Trinajstić information content (AvgIpc) is 2.95. The summed E-state index contributed by atoms with van der Waals surface area (Å²) in [4.78, 5) is 16.6. The SMILES string of the molecule is Cc1cc2nc(C)c(CCC(=O)Nc3ccc(F)c(F)c3F)c(C)n2n1. The van der Waals surface area contributed by atoms with Crippen LogP contribution in [-0.2, 0) is 11.2 Å². The molecule has 0 aliphatic heterocycles. The number of anilines is 1. The second kappa shape index (κ2) is 6.78. The standard InChI is InChI=1S/C18H17F3N4O/c1-9-8-15-22-10(2)12(11(3)25(15)24-9)4-7-16(26)23-14-6-5-13(19)17(20)18(14)21/h5-6,8H,4,7H2,1-3H3,(H,23,26). The molecule has 0 aliphatic rings. The Balaban J connectivity index is 1.76. The number of fused-ring (bicyclic) bond motifs is 1. The molecule has 2 aromatic heterocycles. The molecule has 0 fully saturated rings. The van der Waals surface area contributed by atoms with E-state index >= 15 is 0 Å². The summed E-state index contributed by atoms with van der Waals surface area (Å²) in [5, 5.41) is 6.63. The lowest BCUT2D eigenvalue weighted by Gasteiger charge is -2.11. The Bertz CT molecular complexity index is 1010. The van der Waals surface area contributed by atoms with Gasteiger partial charge in [-0.25, -0.2) is 22.7 Å². The Labute approximate surface area is 147 Å². The number of carbonyl (C=O) groups is 1. The van der Waals surface area contributed by atoms with Gasteiger partial charge in [0.2, 0.25) is 5.91 Å². The van der Waals surface area contributed by atoms with Gasteiger partial charge in [-0.05, 0) is 44.9 Å². The summed E-state index contributed by atoms with van der Waals surface area (Å²) in [7, 11) is 0. The lowest BCUT2D eigenvalue weighted by atomic mass is 10.1. The third-order valence-electron chi connectivity index (χ3n) is 4.20. The maximum Gasteiger partial charge on any atom is 0.224 e. The van der Waals surface area contributed by atoms with Gasteiger partial charge >= 0.3 is 0 Å². The molecular formula is C18H17F3N4O. The van der Waals surface area contributed by atoms with Crippen LogP contribution in [-0.4, -0.2) is 20.5 Å². The van der Waals surface area contributed by atoms with Crippen LogP contribution in [0.1, 0.15) is 29.1 Å². The average molecular weight is 362 g/mol. The van der Waals surface area contributed by atoms with E-state index in [1.165, 1.54) is 0 Å². The number of nitrogens with zero attached hydrogens (tertiary/aromatic N) is 3. The number of nitrogens with one attached hydrogen (secondary N) is 1. The summed E-state index contributed by atoms with van der Waals surface area (Å²) >= 11 is 0. The number of benzene rings is 1. The zero-order valence-electron chi connectivity index (χ0n) is 14.5. The summed E-state index contributed by atoms with van der Waals surface area (Å²) in [6.45, 7) is 5.60. The van der Waals surface area contributed by atoms with Gasteiger partial charge < -0.3 is 5.32 Å². The van der Waals surface area contributed by atoms with E-state index in [0.29, 0.717) is 6.42 Å². The number of amides is 1. The fourth-order valence-corrected chi connectivity index (χ4v) is 2.88. The lowest BCUT2D eigenvalue weighted by Crippen LogP contribution is -2.15. The second-order valence-corrected chi connectivity index (χ2v) is 6.09. The summed E-state index contributed by atoms with van der Waals surface area (Å²) in [6, 6.07) is 3.62. The van der Waals surface area contributed by atoms with E-state index in [9.17, 15) is 18.0 Å². The summed E-state index contributed by atoms with van der Waals surface area (Å²) in [5.74, 6) is -4.84. The zero-order chi connectivity index (χ0) is 19.0. The summed E-state index contributed by atoms with van der Waals surface area (Å²) in [5.41, 5.74) is 3.69. The minimum Gasteiger partial charge on any atom is -0.323 e. The molecule has 26 heavy (non-hydrogen) atoms. The van der Waals surface area contributed by atoms with Crippen LogP contribution in [0.3, 0.4) is 0 Å². The van der Waals surface area contributed by atoms with Crippen molar-refractivity contribution in [2.45, 2.75) is 33.6 Å². The van der Waals surface area contributed by atoms with Crippen molar-refractivity contribution in [2.24, 2.45) is 0 Å². The van der Waals surface area contributed by atoms with Crippen LogP contribution in [0.5, 0.6) is 0 Å². The number of aryl methyl sites for hydroxylation is 3. The van der Waals surface area contributed by atoms with E-state index in [0.717, 1.165) is 40.4 Å². The van der Waals surface area contributed by atoms with Gasteiger partial charge in [0.1, 0.15) is 0 Å². The van der Waals surface area contributed by atoms with E-state index in [4.69, 9.17) is 0 Å². The van der Waals surface area contributed by atoms with Crippen molar-refractivity contribution in [3.8, 4) is 0 Å². The second-order valence-electron chi connectivity index (χ2n) is 6.09. The Morgan fingerprint density at radius 2 is 1.88 bits per heavy atom. The molecule has 8 heteroatoms. The molecule has 0 radical (unpaired) electrons. The van der Waals surface area contributed by atoms with E-state index in [1.54, 1.807) is 4.52 Å². The monoisotopic (exact) mass is 362 g/mol. The number of aromatic nitrogens is 3. The van der Waals surface area contributed by atoms with Gasteiger partial charge in [-0.2, -0.15) is 5.10 Å². The van der Waals surface area contributed by atoms with Crippen molar-refractivity contribution in [1.29, 1.82) is 0 Å². The van der Waals surface area contributed by atoms with Gasteiger partial charge in [0, 0.05) is 23.9 Å². The molecule has 0 bridgehead atoms. The third-order valence-corrected chi connectivity index (χ3v) is 4.20. The maximum atomic E-state index is 13.6. The van der Waals surface area contributed by atoms with Crippen LogP contribution in [0.2, 0.25) is 0 Å². The first-order valence-electron chi connectivity index (χ1n) is 8.03. The van der Waals surface area contributed by atoms with Gasteiger partial charge in [-0.3, -0.25) is 4.79 Å². The van der Waals surface area contributed by atoms with Crippen molar-refractivity contribution in [1.82, 2.24) is 14.6 Å². The van der Waals surface area contributed by atoms with Crippen LogP contribution in [0.25, 0.3) is 5.65 Å². The molecule has 3 aromatic rings. The number of carbonyl (C=O) groups excluding carboxylic acids is 1. The minimum absolute atomic E-state index is 0.0353. The predicted molar refractivity (Wildman–Crippen MR) is 90.5 cm³/mol. The van der Waals surface area contributed by atoms with Gasteiger partial charge in [-0.1, -0.05) is 0 Å². The number of hydrogen-bond donors (Lipinski definition) is 1. The van der Waals surface area contributed by atoms with Crippen LogP contribution >= 0.6 is 0 Å². The zero-order valence-corrected chi connectivity index (χ0v) is 14.5. The van der Waals surface area contributed by atoms with Crippen LogP contribution in [0.15, 0.2) is 18.2 Å². The maximum absolute atomic E-state index is 13.6. The predicted octanol–water partition coefficient (Wildman–Crippen LogP) is 3.64. The van der Waals surface area contributed by atoms with E-state index in [1.807, 2.05) is 26.8 Å². The first-order chi connectivity index (χ1) is 12.3. The quantitative estimate of drug-likeness (QED) is 0.721. The highest BCUT2D eigenvalue weighted by Crippen LogP contribution is 2.21. The van der Waals surface area contributed by atoms with Crippen molar-refractivity contribution in [3.05, 3.63) is 58.3 Å². The van der Waals surface area contributed by atoms with E-state index in [-0.39, 0.29) is 6.42 Å². The highest BCUT2D eigenvalue weighted by molar-refractivity contribution is 5.91. The van der Waals surface area contributed by atoms with E-state index in [2.05, 4.69) is 15.4 Å². The lowest BCUT2D eigenvalue weighted by molar-refractivity contribution is -0.116. The molecule has 1 N–H and O–H groups in total. The Hall–Kier alpha value is -2.90. The van der Waals surface area contributed by atoms with Crippen molar-refractivity contribution < 1.29 is 18.0 Å². The normalized spacial score (nSPS) is 11.2. The molecule has 2 heterocycles. The van der Waals surface area contributed by atoms with Crippen LogP contribution < -0.4 is 5.32 Å². The fourth-order valence-electron chi connectivity index (χ4n) is 2.88. The first kappa shape index (κ1) is 17.9. The van der Waals surface area contributed by atoms with Gasteiger partial charge in [0.25, 0.3) is 0 Å². The molecule has 1 aromatic carbocycles. The molecule has 136 valence electrons. The van der Waals surface area contributed by atoms with Gasteiger partial charge in [0.15, 0.2) is 23.1 Å².